The minimum absolute atomic E-state index is 0.0511. The third-order valence-corrected chi connectivity index (χ3v) is 6.76. The van der Waals surface area contributed by atoms with Crippen LogP contribution in [0.1, 0.15) is 23.1 Å². The molecule has 4 rings (SSSR count). The highest BCUT2D eigenvalue weighted by atomic mass is 32.2. The number of nitrogens with zero attached hydrogens (tertiary/aromatic N) is 1. The Bertz CT molecular complexity index is 1520. The summed E-state index contributed by atoms with van der Waals surface area (Å²) >= 11 is 0. The third kappa shape index (κ3) is 5.41. The van der Waals surface area contributed by atoms with Gasteiger partial charge in [-0.25, -0.2) is 17.8 Å². The molecular weight excluding hydrogens is 469 g/mol. The van der Waals surface area contributed by atoms with Crippen molar-refractivity contribution >= 4 is 38.0 Å². The molecule has 1 amide bonds. The number of rotatable bonds is 7. The maximum atomic E-state index is 13.8. The highest BCUT2D eigenvalue weighted by Crippen LogP contribution is 2.32. The van der Waals surface area contributed by atoms with Gasteiger partial charge in [0.25, 0.3) is 0 Å². The van der Waals surface area contributed by atoms with E-state index in [1.165, 1.54) is 24.3 Å². The van der Waals surface area contributed by atoms with Crippen LogP contribution >= 0.6 is 0 Å². The summed E-state index contributed by atoms with van der Waals surface area (Å²) in [7, 11) is -1.77. The Morgan fingerprint density at radius 2 is 1.74 bits per heavy atom. The van der Waals surface area contributed by atoms with E-state index in [9.17, 15) is 22.7 Å². The van der Waals surface area contributed by atoms with Gasteiger partial charge in [0, 0.05) is 30.7 Å². The molecule has 3 N–H and O–H groups in total. The Labute approximate surface area is 202 Å². The van der Waals surface area contributed by atoms with Crippen molar-refractivity contribution in [2.24, 2.45) is 4.99 Å². The first-order chi connectivity index (χ1) is 16.7. The summed E-state index contributed by atoms with van der Waals surface area (Å²) in [5, 5.41) is 13.9. The summed E-state index contributed by atoms with van der Waals surface area (Å²) in [5.74, 6) is -0.661. The second-order valence-corrected chi connectivity index (χ2v) is 10.2. The van der Waals surface area contributed by atoms with Crippen molar-refractivity contribution in [2.75, 3.05) is 13.3 Å². The summed E-state index contributed by atoms with van der Waals surface area (Å²) in [6.45, 7) is 0. The number of aliphatic imine (C=N–C) groups is 1. The van der Waals surface area contributed by atoms with E-state index >= 15 is 0 Å². The third-order valence-electron chi connectivity index (χ3n) is 5.63. The van der Waals surface area contributed by atoms with Gasteiger partial charge in [0.2, 0.25) is 5.91 Å². The van der Waals surface area contributed by atoms with Crippen LogP contribution in [0.25, 0.3) is 10.9 Å². The second-order valence-electron chi connectivity index (χ2n) is 8.14. The van der Waals surface area contributed by atoms with Crippen LogP contribution < -0.4 is 5.32 Å². The van der Waals surface area contributed by atoms with Gasteiger partial charge in [0.1, 0.15) is 5.82 Å². The number of H-pyrrole nitrogens is 1. The van der Waals surface area contributed by atoms with E-state index in [0.717, 1.165) is 11.8 Å². The van der Waals surface area contributed by atoms with E-state index < -0.39 is 15.7 Å². The average Bonchev–Trinajstić information content (AvgIpc) is 3.15. The number of hydrogen-bond acceptors (Lipinski definition) is 5. The lowest BCUT2D eigenvalue weighted by Crippen LogP contribution is -2.17. The van der Waals surface area contributed by atoms with Crippen LogP contribution in [-0.4, -0.2) is 43.4 Å². The van der Waals surface area contributed by atoms with Gasteiger partial charge < -0.3 is 15.4 Å². The maximum Gasteiger partial charge on any atom is 0.220 e. The summed E-state index contributed by atoms with van der Waals surface area (Å²) < 4.78 is 37.4. The van der Waals surface area contributed by atoms with E-state index in [-0.39, 0.29) is 16.7 Å². The summed E-state index contributed by atoms with van der Waals surface area (Å²) in [6.07, 6.45) is 2.06. The van der Waals surface area contributed by atoms with Crippen LogP contribution in [0, 0.1) is 5.82 Å². The zero-order chi connectivity index (χ0) is 25.2. The molecule has 0 bridgehead atoms. The summed E-state index contributed by atoms with van der Waals surface area (Å²) in [6, 6.07) is 17.7. The molecule has 0 fully saturated rings. The van der Waals surface area contributed by atoms with Crippen LogP contribution in [0.15, 0.2) is 76.6 Å². The lowest BCUT2D eigenvalue weighted by atomic mass is 9.98. The number of aryl methyl sites for hydroxylation is 1. The number of nitrogens with one attached hydrogen (secondary N) is 2. The van der Waals surface area contributed by atoms with Crippen LogP contribution in [-0.2, 0) is 21.1 Å². The molecule has 0 atom stereocenters. The fraction of sp³-hybridized carbons (Fsp3) is 0.154. The van der Waals surface area contributed by atoms with E-state index in [2.05, 4.69) is 10.3 Å². The molecule has 0 saturated heterocycles. The lowest BCUT2D eigenvalue weighted by Gasteiger charge is -2.10. The number of aromatic hydroxyl groups is 1. The minimum Gasteiger partial charge on any atom is -0.494 e. The number of halogens is 1. The fourth-order valence-corrected chi connectivity index (χ4v) is 4.40. The predicted octanol–water partition coefficient (Wildman–Crippen LogP) is 4.26. The molecular formula is C26H24FN3O4S. The quantitative estimate of drug-likeness (QED) is 0.334. The fourth-order valence-electron chi connectivity index (χ4n) is 3.77. The molecule has 35 heavy (non-hydrogen) atoms. The van der Waals surface area contributed by atoms with Crippen LogP contribution in [0.4, 0.5) is 10.1 Å². The number of sulfone groups is 1. The number of fused-ring (bicyclic) bond motifs is 1. The number of aromatic nitrogens is 1. The molecule has 3 aromatic carbocycles. The van der Waals surface area contributed by atoms with Gasteiger partial charge in [-0.1, -0.05) is 24.3 Å². The maximum absolute atomic E-state index is 13.8. The Kier molecular flexibility index (Phi) is 6.70. The van der Waals surface area contributed by atoms with E-state index in [0.29, 0.717) is 46.3 Å². The molecule has 1 aromatic heterocycles. The number of benzene rings is 3. The smallest absolute Gasteiger partial charge is 0.220 e. The van der Waals surface area contributed by atoms with Gasteiger partial charge in [0.05, 0.1) is 27.4 Å². The highest BCUT2D eigenvalue weighted by Gasteiger charge is 2.19. The predicted molar refractivity (Wildman–Crippen MR) is 134 cm³/mol. The van der Waals surface area contributed by atoms with Crippen molar-refractivity contribution in [3.8, 4) is 5.88 Å². The molecule has 0 aliphatic rings. The molecule has 0 aliphatic carbocycles. The van der Waals surface area contributed by atoms with Gasteiger partial charge in [-0.05, 0) is 54.4 Å². The molecule has 0 radical (unpaired) electrons. The zero-order valence-corrected chi connectivity index (χ0v) is 20.0. The van der Waals surface area contributed by atoms with E-state index in [4.69, 9.17) is 4.99 Å². The Morgan fingerprint density at radius 1 is 1.06 bits per heavy atom. The van der Waals surface area contributed by atoms with Crippen LogP contribution in [0.2, 0.25) is 0 Å². The molecule has 0 unspecified atom stereocenters. The highest BCUT2D eigenvalue weighted by molar-refractivity contribution is 7.90. The topological polar surface area (TPSA) is 112 Å². The van der Waals surface area contributed by atoms with Crippen molar-refractivity contribution in [3.63, 3.8) is 0 Å². The molecule has 9 heteroatoms. The van der Waals surface area contributed by atoms with E-state index in [1.807, 2.05) is 24.3 Å². The zero-order valence-electron chi connectivity index (χ0n) is 19.2. The van der Waals surface area contributed by atoms with Crippen LogP contribution in [0.5, 0.6) is 5.88 Å². The molecule has 1 heterocycles. The van der Waals surface area contributed by atoms with E-state index in [1.54, 1.807) is 25.2 Å². The first-order valence-corrected chi connectivity index (χ1v) is 12.7. The number of aromatic amines is 1. The Morgan fingerprint density at radius 3 is 2.37 bits per heavy atom. The van der Waals surface area contributed by atoms with Gasteiger partial charge in [-0.3, -0.25) is 4.79 Å². The molecule has 0 spiro atoms. The first kappa shape index (κ1) is 24.2. The summed E-state index contributed by atoms with van der Waals surface area (Å²) in [4.78, 5) is 19.3. The first-order valence-electron chi connectivity index (χ1n) is 10.8. The minimum atomic E-state index is -3.36. The van der Waals surface area contributed by atoms with Gasteiger partial charge >= 0.3 is 0 Å². The molecule has 4 aromatic rings. The van der Waals surface area contributed by atoms with Gasteiger partial charge in [-0.15, -0.1) is 0 Å². The standard InChI is InChI=1S/C26H24FN3O4S/c1-28-23(31)14-5-16-3-6-17(7-4-16)25(29-19-9-11-20(12-10-19)35(2,33)34)24-21-13-8-18(27)15-22(21)30-26(24)32/h3-4,6-13,15,30,32H,5,14H2,1-2H3,(H,28,31). The summed E-state index contributed by atoms with van der Waals surface area (Å²) in [5.41, 5.74) is 3.35. The SMILES string of the molecule is CNC(=O)CCc1ccc(C(=Nc2ccc(S(C)(=O)=O)cc2)c2c(O)[nH]c3cc(F)ccc23)cc1. The van der Waals surface area contributed by atoms with Gasteiger partial charge in [-0.2, -0.15) is 0 Å². The van der Waals surface area contributed by atoms with Crippen molar-refractivity contribution < 1.29 is 22.7 Å². The van der Waals surface area contributed by atoms with Crippen molar-refractivity contribution in [3.05, 3.63) is 89.2 Å². The molecule has 0 saturated carbocycles. The van der Waals surface area contributed by atoms with Crippen molar-refractivity contribution in [1.29, 1.82) is 0 Å². The molecule has 180 valence electrons. The van der Waals surface area contributed by atoms with Crippen molar-refractivity contribution in [2.45, 2.75) is 17.7 Å². The average molecular weight is 494 g/mol. The van der Waals surface area contributed by atoms with Crippen molar-refractivity contribution in [1.82, 2.24) is 10.3 Å². The van der Waals surface area contributed by atoms with Crippen LogP contribution in [0.3, 0.4) is 0 Å². The number of carbonyl (C=O) groups excluding carboxylic acids is 1. The Hall–Kier alpha value is -3.98. The molecule has 0 aliphatic heterocycles. The normalized spacial score (nSPS) is 12.1. The van der Waals surface area contributed by atoms with Gasteiger partial charge in [0.15, 0.2) is 15.7 Å². The Balaban J connectivity index is 1.81. The number of carbonyl (C=O) groups is 1. The monoisotopic (exact) mass is 493 g/mol. The number of hydrogen-bond donors (Lipinski definition) is 3. The molecule has 7 nitrogen and oxygen atoms in total. The largest absolute Gasteiger partial charge is 0.494 e. The lowest BCUT2D eigenvalue weighted by molar-refractivity contribution is -0.120. The number of amides is 1. The second kappa shape index (κ2) is 9.71.